The van der Waals surface area contributed by atoms with Crippen molar-refractivity contribution in [2.75, 3.05) is 28.4 Å². The Balaban J connectivity index is 2.15. The van der Waals surface area contributed by atoms with Crippen LogP contribution in [-0.2, 0) is 18.9 Å². The van der Waals surface area contributed by atoms with Gasteiger partial charge < -0.3 is 18.9 Å². The fourth-order valence-corrected chi connectivity index (χ4v) is 2.88. The van der Waals surface area contributed by atoms with Gasteiger partial charge in [0.05, 0.1) is 7.11 Å². The van der Waals surface area contributed by atoms with Crippen molar-refractivity contribution in [3.05, 3.63) is 59.4 Å². The van der Waals surface area contributed by atoms with Crippen LogP contribution >= 0.6 is 0 Å². The molecule has 5 heteroatoms. The van der Waals surface area contributed by atoms with Gasteiger partial charge in [0, 0.05) is 33.3 Å². The Hall–Kier alpha value is -1.95. The topological polar surface area (TPSA) is 54.0 Å². The molecule has 0 saturated heterocycles. The predicted molar refractivity (Wildman–Crippen MR) is 90.7 cm³/mol. The van der Waals surface area contributed by atoms with Gasteiger partial charge in [-0.25, -0.2) is 0 Å². The third-order valence-corrected chi connectivity index (χ3v) is 4.22. The smallest absolute Gasteiger partial charge is 0.258 e. The summed E-state index contributed by atoms with van der Waals surface area (Å²) >= 11 is 0. The number of hydrogen-bond acceptors (Lipinski definition) is 5. The van der Waals surface area contributed by atoms with Crippen molar-refractivity contribution in [2.24, 2.45) is 0 Å². The van der Waals surface area contributed by atoms with E-state index in [4.69, 9.17) is 18.9 Å². The van der Waals surface area contributed by atoms with E-state index < -0.39 is 11.9 Å². The quantitative estimate of drug-likeness (QED) is 0.541. The van der Waals surface area contributed by atoms with E-state index in [1.165, 1.54) is 0 Å². The lowest BCUT2D eigenvalue weighted by Gasteiger charge is -2.39. The largest absolute Gasteiger partial charge is 0.495 e. The van der Waals surface area contributed by atoms with E-state index in [-0.39, 0.29) is 5.78 Å². The SMILES string of the molecule is COC1=CC(CCC(=O)c2ccccc2)=CC(OC)C1(OC)OC. The molecule has 0 bridgehead atoms. The number of Topliss-reactive ketones (excluding diaryl/α,β-unsaturated/α-hetero) is 1. The van der Waals surface area contributed by atoms with Crippen molar-refractivity contribution in [3.63, 3.8) is 0 Å². The molecule has 1 aromatic rings. The van der Waals surface area contributed by atoms with Crippen LogP contribution in [0, 0.1) is 0 Å². The Morgan fingerprint density at radius 3 is 2.29 bits per heavy atom. The highest BCUT2D eigenvalue weighted by molar-refractivity contribution is 5.96. The molecule has 0 saturated carbocycles. The molecule has 0 heterocycles. The van der Waals surface area contributed by atoms with Crippen LogP contribution in [0.15, 0.2) is 53.8 Å². The van der Waals surface area contributed by atoms with E-state index in [0.29, 0.717) is 18.6 Å². The minimum atomic E-state index is -1.11. The average Bonchev–Trinajstić information content (AvgIpc) is 2.65. The summed E-state index contributed by atoms with van der Waals surface area (Å²) in [6.45, 7) is 0. The molecule has 0 N–H and O–H groups in total. The molecule has 130 valence electrons. The molecule has 1 aliphatic carbocycles. The van der Waals surface area contributed by atoms with Crippen molar-refractivity contribution < 1.29 is 23.7 Å². The Kier molecular flexibility index (Phi) is 6.31. The number of rotatable bonds is 8. The summed E-state index contributed by atoms with van der Waals surface area (Å²) in [5.41, 5.74) is 1.67. The summed E-state index contributed by atoms with van der Waals surface area (Å²) in [4.78, 5) is 12.3. The van der Waals surface area contributed by atoms with E-state index in [9.17, 15) is 4.79 Å². The summed E-state index contributed by atoms with van der Waals surface area (Å²) in [5, 5.41) is 0. The summed E-state index contributed by atoms with van der Waals surface area (Å²) < 4.78 is 22.0. The van der Waals surface area contributed by atoms with Crippen LogP contribution in [-0.4, -0.2) is 46.1 Å². The van der Waals surface area contributed by atoms with Crippen molar-refractivity contribution in [2.45, 2.75) is 24.7 Å². The van der Waals surface area contributed by atoms with E-state index in [1.54, 1.807) is 28.4 Å². The number of benzene rings is 1. The maximum atomic E-state index is 12.3. The number of carbonyl (C=O) groups excluding carboxylic acids is 1. The third kappa shape index (κ3) is 3.59. The lowest BCUT2D eigenvalue weighted by atomic mass is 9.92. The monoisotopic (exact) mass is 332 g/mol. The van der Waals surface area contributed by atoms with E-state index in [0.717, 1.165) is 11.1 Å². The normalized spacial score (nSPS) is 19.4. The van der Waals surface area contributed by atoms with Gasteiger partial charge in [-0.05, 0) is 24.1 Å². The highest BCUT2D eigenvalue weighted by Crippen LogP contribution is 2.35. The zero-order valence-corrected chi connectivity index (χ0v) is 14.6. The molecule has 1 aromatic carbocycles. The molecule has 0 amide bonds. The van der Waals surface area contributed by atoms with E-state index in [1.807, 2.05) is 42.5 Å². The van der Waals surface area contributed by atoms with Crippen LogP contribution in [0.2, 0.25) is 0 Å². The second kappa shape index (κ2) is 8.24. The number of methoxy groups -OCH3 is 4. The summed E-state index contributed by atoms with van der Waals surface area (Å²) in [7, 11) is 6.23. The van der Waals surface area contributed by atoms with Gasteiger partial charge in [-0.2, -0.15) is 0 Å². The Bertz CT molecular complexity index is 614. The fourth-order valence-electron chi connectivity index (χ4n) is 2.88. The van der Waals surface area contributed by atoms with Crippen LogP contribution in [0.1, 0.15) is 23.2 Å². The molecule has 0 spiro atoms. The molecule has 2 rings (SSSR count). The number of allylic oxidation sites excluding steroid dienone is 2. The minimum absolute atomic E-state index is 0.105. The third-order valence-electron chi connectivity index (χ3n) is 4.22. The highest BCUT2D eigenvalue weighted by Gasteiger charge is 2.46. The molecule has 0 fully saturated rings. The number of carbonyl (C=O) groups is 1. The van der Waals surface area contributed by atoms with Crippen molar-refractivity contribution in [1.29, 1.82) is 0 Å². The van der Waals surface area contributed by atoms with Crippen LogP contribution < -0.4 is 0 Å². The van der Waals surface area contributed by atoms with Crippen LogP contribution in [0.25, 0.3) is 0 Å². The zero-order valence-electron chi connectivity index (χ0n) is 14.6. The van der Waals surface area contributed by atoms with Gasteiger partial charge in [-0.1, -0.05) is 30.3 Å². The first-order valence-corrected chi connectivity index (χ1v) is 7.79. The van der Waals surface area contributed by atoms with Crippen LogP contribution in [0.3, 0.4) is 0 Å². The summed E-state index contributed by atoms with van der Waals surface area (Å²) in [6, 6.07) is 9.27. The molecule has 0 aliphatic heterocycles. The first-order chi connectivity index (χ1) is 11.6. The number of hydrogen-bond donors (Lipinski definition) is 0. The van der Waals surface area contributed by atoms with Crippen LogP contribution in [0.4, 0.5) is 0 Å². The number of ketones is 1. The fraction of sp³-hybridized carbons (Fsp3) is 0.421. The van der Waals surface area contributed by atoms with Gasteiger partial charge >= 0.3 is 0 Å². The molecule has 0 aromatic heterocycles. The molecule has 1 unspecified atom stereocenters. The minimum Gasteiger partial charge on any atom is -0.495 e. The maximum Gasteiger partial charge on any atom is 0.258 e. The van der Waals surface area contributed by atoms with Gasteiger partial charge in [0.1, 0.15) is 6.10 Å². The van der Waals surface area contributed by atoms with E-state index >= 15 is 0 Å². The molecule has 5 nitrogen and oxygen atoms in total. The van der Waals surface area contributed by atoms with Gasteiger partial charge in [0.2, 0.25) is 0 Å². The number of ether oxygens (including phenoxy) is 4. The molecule has 24 heavy (non-hydrogen) atoms. The van der Waals surface area contributed by atoms with Crippen molar-refractivity contribution in [1.82, 2.24) is 0 Å². The lowest BCUT2D eigenvalue weighted by Crippen LogP contribution is -2.49. The van der Waals surface area contributed by atoms with Crippen molar-refractivity contribution >= 4 is 5.78 Å². The second-order valence-electron chi connectivity index (χ2n) is 5.48. The molecular weight excluding hydrogens is 308 g/mol. The molecule has 1 atom stereocenters. The first-order valence-electron chi connectivity index (χ1n) is 7.79. The van der Waals surface area contributed by atoms with Gasteiger partial charge in [0.15, 0.2) is 11.5 Å². The van der Waals surface area contributed by atoms with Gasteiger partial charge in [-0.15, -0.1) is 0 Å². The molecular formula is C19H24O5. The van der Waals surface area contributed by atoms with Gasteiger partial charge in [-0.3, -0.25) is 4.79 Å². The predicted octanol–water partition coefficient (Wildman–Crippen LogP) is 3.12. The van der Waals surface area contributed by atoms with Crippen molar-refractivity contribution in [3.8, 4) is 0 Å². The second-order valence-corrected chi connectivity index (χ2v) is 5.48. The van der Waals surface area contributed by atoms with Crippen LogP contribution in [0.5, 0.6) is 0 Å². The summed E-state index contributed by atoms with van der Waals surface area (Å²) in [5.74, 6) is -0.492. The molecule has 1 aliphatic rings. The van der Waals surface area contributed by atoms with Gasteiger partial charge in [0.25, 0.3) is 5.79 Å². The first kappa shape index (κ1) is 18.4. The lowest BCUT2D eigenvalue weighted by molar-refractivity contribution is -0.246. The standard InChI is InChI=1S/C19H24O5/c1-21-17-12-14(13-18(22-2)19(17,23-3)24-4)10-11-16(20)15-8-6-5-7-9-15/h5-9,12-13,17H,10-11H2,1-4H3. The summed E-state index contributed by atoms with van der Waals surface area (Å²) in [6.07, 6.45) is 4.29. The maximum absolute atomic E-state index is 12.3. The Morgan fingerprint density at radius 1 is 1.08 bits per heavy atom. The highest BCUT2D eigenvalue weighted by atomic mass is 16.7. The zero-order chi connectivity index (χ0) is 17.6. The average molecular weight is 332 g/mol. The molecule has 0 radical (unpaired) electrons. The van der Waals surface area contributed by atoms with E-state index in [2.05, 4.69) is 0 Å². The Morgan fingerprint density at radius 2 is 1.75 bits per heavy atom. The Labute approximate surface area is 142 Å².